The van der Waals surface area contributed by atoms with Crippen molar-refractivity contribution in [1.82, 2.24) is 20.0 Å². The van der Waals surface area contributed by atoms with E-state index in [-0.39, 0.29) is 30.2 Å². The molecule has 3 heterocycles. The Morgan fingerprint density at radius 1 is 1.09 bits per heavy atom. The third-order valence-corrected chi connectivity index (χ3v) is 6.61. The Bertz CT molecular complexity index is 1600. The van der Waals surface area contributed by atoms with E-state index in [1.807, 2.05) is 20.8 Å². The van der Waals surface area contributed by atoms with Gasteiger partial charge in [-0.15, -0.1) is 0 Å². The number of halogens is 3. The molecule has 14 heteroatoms. The number of alkyl halides is 3. The molecule has 1 atom stereocenters. The molecule has 2 aromatic heterocycles. The Morgan fingerprint density at radius 2 is 1.91 bits per heavy atom. The number of rotatable bonds is 8. The van der Waals surface area contributed by atoms with E-state index in [0.717, 1.165) is 0 Å². The normalized spacial score (nSPS) is 15.8. The first-order valence-corrected chi connectivity index (χ1v) is 13.5. The first kappa shape index (κ1) is 29.9. The number of carbonyl (C=O) groups excluding carboxylic acids is 1. The maximum Gasteiger partial charge on any atom is 0.401 e. The van der Waals surface area contributed by atoms with Gasteiger partial charge >= 0.3 is 12.2 Å². The lowest BCUT2D eigenvalue weighted by Crippen LogP contribution is -2.33. The molecule has 2 N–H and O–H groups in total. The summed E-state index contributed by atoms with van der Waals surface area (Å²) in [5, 5.41) is 9.77. The molecule has 11 nitrogen and oxygen atoms in total. The summed E-state index contributed by atoms with van der Waals surface area (Å²) >= 11 is 0. The fraction of sp³-hybridized carbons (Fsp3) is 0.379. The molecule has 2 aromatic carbocycles. The highest BCUT2D eigenvalue weighted by molar-refractivity contribution is 5.99. The summed E-state index contributed by atoms with van der Waals surface area (Å²) in [5.74, 6) is 2.26. The van der Waals surface area contributed by atoms with E-state index in [1.54, 1.807) is 42.5 Å². The van der Waals surface area contributed by atoms with Gasteiger partial charge in [0, 0.05) is 42.4 Å². The van der Waals surface area contributed by atoms with Crippen LogP contribution in [0.1, 0.15) is 33.0 Å². The number of carbonyl (C=O) groups is 1. The summed E-state index contributed by atoms with van der Waals surface area (Å²) in [7, 11) is 1.46. The van der Waals surface area contributed by atoms with Crippen molar-refractivity contribution in [2.45, 2.75) is 44.9 Å². The van der Waals surface area contributed by atoms with E-state index in [2.05, 4.69) is 25.8 Å². The minimum atomic E-state index is -4.26. The quantitative estimate of drug-likeness (QED) is 0.237. The number of fused-ring (bicyclic) bond motifs is 1. The van der Waals surface area contributed by atoms with Crippen LogP contribution in [0.3, 0.4) is 0 Å². The summed E-state index contributed by atoms with van der Waals surface area (Å²) in [6.45, 7) is 5.38. The Labute approximate surface area is 245 Å². The zero-order valence-corrected chi connectivity index (χ0v) is 24.0. The molecule has 1 saturated heterocycles. The van der Waals surface area contributed by atoms with Crippen molar-refractivity contribution in [3.8, 4) is 23.1 Å². The highest BCUT2D eigenvalue weighted by Gasteiger charge is 2.35. The van der Waals surface area contributed by atoms with Crippen molar-refractivity contribution in [2.75, 3.05) is 37.4 Å². The number of benzene rings is 2. The van der Waals surface area contributed by atoms with Crippen LogP contribution in [0.25, 0.3) is 10.9 Å². The first-order chi connectivity index (χ1) is 20.4. The molecule has 2 amide bonds. The number of hydrogen-bond acceptors (Lipinski definition) is 9. The predicted molar refractivity (Wildman–Crippen MR) is 152 cm³/mol. The molecule has 0 spiro atoms. The molecular weight excluding hydrogens is 569 g/mol. The summed E-state index contributed by atoms with van der Waals surface area (Å²) < 4.78 is 61.2. The van der Waals surface area contributed by atoms with Gasteiger partial charge in [0.25, 0.3) is 0 Å². The van der Waals surface area contributed by atoms with Crippen molar-refractivity contribution in [3.63, 3.8) is 0 Å². The molecule has 43 heavy (non-hydrogen) atoms. The molecule has 228 valence electrons. The molecule has 0 aliphatic carbocycles. The van der Waals surface area contributed by atoms with Crippen LogP contribution < -0.4 is 24.8 Å². The van der Waals surface area contributed by atoms with Crippen molar-refractivity contribution in [3.05, 3.63) is 54.6 Å². The van der Waals surface area contributed by atoms with Gasteiger partial charge in [0.2, 0.25) is 5.88 Å². The fourth-order valence-corrected chi connectivity index (χ4v) is 4.56. The second-order valence-electron chi connectivity index (χ2n) is 11.1. The van der Waals surface area contributed by atoms with Crippen LogP contribution in [0.5, 0.6) is 23.1 Å². The van der Waals surface area contributed by atoms with Crippen molar-refractivity contribution in [1.29, 1.82) is 0 Å². The summed E-state index contributed by atoms with van der Waals surface area (Å²) in [5.41, 5.74) is 0.690. The topological polar surface area (TPSA) is 124 Å². The minimum Gasteiger partial charge on any atom is -0.493 e. The number of anilines is 2. The van der Waals surface area contributed by atoms with Crippen LogP contribution in [0, 0.1) is 0 Å². The van der Waals surface area contributed by atoms with Gasteiger partial charge in [-0.1, -0.05) is 32.0 Å². The van der Waals surface area contributed by atoms with E-state index in [0.29, 0.717) is 46.0 Å². The van der Waals surface area contributed by atoms with Gasteiger partial charge in [0.1, 0.15) is 23.9 Å². The van der Waals surface area contributed by atoms with Crippen molar-refractivity contribution >= 4 is 28.4 Å². The number of amides is 2. The van der Waals surface area contributed by atoms with Crippen LogP contribution in [0.4, 0.5) is 29.5 Å². The monoisotopic (exact) mass is 600 g/mol. The molecule has 1 fully saturated rings. The molecule has 4 aromatic rings. The second kappa shape index (κ2) is 12.0. The van der Waals surface area contributed by atoms with Crippen LogP contribution in [-0.2, 0) is 5.41 Å². The average molecular weight is 601 g/mol. The Hall–Kier alpha value is -4.59. The minimum absolute atomic E-state index is 0.151. The Balaban J connectivity index is 1.28. The fourth-order valence-electron chi connectivity index (χ4n) is 4.56. The van der Waals surface area contributed by atoms with Crippen LogP contribution >= 0.6 is 0 Å². The Kier molecular flexibility index (Phi) is 8.31. The largest absolute Gasteiger partial charge is 0.493 e. The van der Waals surface area contributed by atoms with Crippen molar-refractivity contribution in [2.24, 2.45) is 0 Å². The third kappa shape index (κ3) is 7.63. The predicted octanol–water partition coefficient (Wildman–Crippen LogP) is 6.38. The zero-order valence-electron chi connectivity index (χ0n) is 24.0. The number of nitrogens with zero attached hydrogens (tertiary/aromatic N) is 4. The molecule has 5 rings (SSSR count). The van der Waals surface area contributed by atoms with Gasteiger partial charge in [0.05, 0.1) is 24.6 Å². The molecule has 0 saturated carbocycles. The summed E-state index contributed by atoms with van der Waals surface area (Å²) in [4.78, 5) is 22.4. The standard InChI is InChI=1S/C29H31F3N6O5/c1-28(2,3)24-13-25(37-43-24)36-27(39)35-17-6-5-7-18(10-17)42-26-20-11-22(40-4)23(12-21(20)33-16-34-26)41-19-8-9-38(14-19)15-29(30,31)32/h5-7,10-13,16,19H,8-9,14-15H2,1-4H3,(H2,35,36,37,39). The maximum absolute atomic E-state index is 12.8. The number of aromatic nitrogens is 3. The summed E-state index contributed by atoms with van der Waals surface area (Å²) in [6.07, 6.45) is -2.91. The molecule has 1 aliphatic heterocycles. The first-order valence-electron chi connectivity index (χ1n) is 13.5. The van der Waals surface area contributed by atoms with E-state index in [9.17, 15) is 18.0 Å². The maximum atomic E-state index is 12.8. The smallest absolute Gasteiger partial charge is 0.401 e. The van der Waals surface area contributed by atoms with Gasteiger partial charge in [-0.3, -0.25) is 10.2 Å². The van der Waals surface area contributed by atoms with Gasteiger partial charge < -0.3 is 24.1 Å². The highest BCUT2D eigenvalue weighted by atomic mass is 19.4. The van der Waals surface area contributed by atoms with Gasteiger partial charge in [-0.25, -0.2) is 14.8 Å². The van der Waals surface area contributed by atoms with E-state index in [1.165, 1.54) is 18.3 Å². The molecule has 0 bridgehead atoms. The SMILES string of the molecule is COc1cc2c(Oc3cccc(NC(=O)Nc4cc(C(C)(C)C)on4)c3)ncnc2cc1OC1CCN(CC(F)(F)F)C1. The number of methoxy groups -OCH3 is 1. The molecular formula is C29H31F3N6O5. The zero-order chi connectivity index (χ0) is 30.8. The lowest BCUT2D eigenvalue weighted by Gasteiger charge is -2.19. The van der Waals surface area contributed by atoms with Gasteiger partial charge in [-0.05, 0) is 24.6 Å². The number of urea groups is 1. The van der Waals surface area contributed by atoms with Crippen molar-refractivity contribution < 1.29 is 36.7 Å². The average Bonchev–Trinajstić information content (AvgIpc) is 3.57. The number of nitrogens with one attached hydrogen (secondary N) is 2. The molecule has 1 aliphatic rings. The van der Waals surface area contributed by atoms with Crippen LogP contribution in [0.15, 0.2) is 53.3 Å². The summed E-state index contributed by atoms with van der Waals surface area (Å²) in [6, 6.07) is 11.2. The van der Waals surface area contributed by atoms with E-state index >= 15 is 0 Å². The molecule has 0 radical (unpaired) electrons. The number of ether oxygens (including phenoxy) is 3. The lowest BCUT2D eigenvalue weighted by atomic mass is 9.93. The van der Waals surface area contributed by atoms with Gasteiger partial charge in [-0.2, -0.15) is 13.2 Å². The van der Waals surface area contributed by atoms with Crippen LogP contribution in [0.2, 0.25) is 0 Å². The molecule has 1 unspecified atom stereocenters. The van der Waals surface area contributed by atoms with E-state index in [4.69, 9.17) is 18.7 Å². The van der Waals surface area contributed by atoms with Gasteiger partial charge in [0.15, 0.2) is 17.3 Å². The third-order valence-electron chi connectivity index (χ3n) is 6.61. The lowest BCUT2D eigenvalue weighted by molar-refractivity contribution is -0.144. The second-order valence-corrected chi connectivity index (χ2v) is 11.1. The number of hydrogen-bond donors (Lipinski definition) is 2. The Morgan fingerprint density at radius 3 is 2.63 bits per heavy atom. The van der Waals surface area contributed by atoms with E-state index < -0.39 is 24.9 Å². The highest BCUT2D eigenvalue weighted by Crippen LogP contribution is 2.37. The number of likely N-dealkylation sites (tertiary alicyclic amines) is 1. The van der Waals surface area contributed by atoms with Crippen LogP contribution in [-0.4, -0.2) is 65.1 Å².